The fraction of sp³-hybridized carbons (Fsp3) is 0.545. The molecule has 0 bridgehead atoms. The van der Waals surface area contributed by atoms with Crippen molar-refractivity contribution in [2.45, 2.75) is 50.7 Å². The first-order valence-electron chi connectivity index (χ1n) is 10.4. The number of hydrogen-bond donors (Lipinski definition) is 3. The molecule has 1 fully saturated rings. The molecule has 30 heavy (non-hydrogen) atoms. The molecule has 1 aromatic carbocycles. The van der Waals surface area contributed by atoms with Gasteiger partial charge >= 0.3 is 0 Å². The van der Waals surface area contributed by atoms with Crippen molar-refractivity contribution in [3.05, 3.63) is 47.0 Å². The molecule has 8 heteroatoms. The van der Waals surface area contributed by atoms with Gasteiger partial charge in [0.25, 0.3) is 0 Å². The van der Waals surface area contributed by atoms with E-state index < -0.39 is 0 Å². The fourth-order valence-electron chi connectivity index (χ4n) is 3.94. The number of anilines is 1. The Morgan fingerprint density at radius 2 is 1.90 bits per heavy atom. The van der Waals surface area contributed by atoms with E-state index in [0.717, 1.165) is 23.3 Å². The van der Waals surface area contributed by atoms with Crippen molar-refractivity contribution in [2.24, 2.45) is 4.99 Å². The number of aromatic nitrogens is 1. The molecule has 1 heterocycles. The molecule has 3 rings (SSSR count). The molecule has 166 valence electrons. The van der Waals surface area contributed by atoms with E-state index in [-0.39, 0.29) is 29.5 Å². The number of benzene rings is 1. The van der Waals surface area contributed by atoms with Gasteiger partial charge in [-0.1, -0.05) is 43.2 Å². The van der Waals surface area contributed by atoms with Gasteiger partial charge in [0.05, 0.1) is 12.2 Å². The molecule has 0 spiro atoms. The molecule has 3 N–H and O–H groups in total. The third kappa shape index (κ3) is 6.81. The Labute approximate surface area is 202 Å². The number of nitrogens with zero attached hydrogens (tertiary/aromatic N) is 3. The molecule has 0 radical (unpaired) electrons. The Bertz CT molecular complexity index is 786. The second-order valence-electron chi connectivity index (χ2n) is 8.06. The number of guanidine groups is 1. The smallest absolute Gasteiger partial charge is 0.191 e. The van der Waals surface area contributed by atoms with Crippen LogP contribution in [0.5, 0.6) is 0 Å². The number of thiazole rings is 1. The summed E-state index contributed by atoms with van der Waals surface area (Å²) < 4.78 is 0. The summed E-state index contributed by atoms with van der Waals surface area (Å²) in [6.07, 6.45) is 4.92. The first-order chi connectivity index (χ1) is 14.0. The van der Waals surface area contributed by atoms with E-state index in [2.05, 4.69) is 68.6 Å². The summed E-state index contributed by atoms with van der Waals surface area (Å²) in [4.78, 5) is 11.1. The first-order valence-corrected chi connectivity index (χ1v) is 11.3. The van der Waals surface area contributed by atoms with E-state index >= 15 is 0 Å². The van der Waals surface area contributed by atoms with E-state index in [0.29, 0.717) is 12.6 Å². The molecule has 0 saturated heterocycles. The van der Waals surface area contributed by atoms with Crippen molar-refractivity contribution < 1.29 is 0 Å². The minimum Gasteiger partial charge on any atom is -0.355 e. The van der Waals surface area contributed by atoms with Gasteiger partial charge in [-0.25, -0.2) is 4.98 Å². The predicted molar refractivity (Wildman–Crippen MR) is 139 cm³/mol. The second kappa shape index (κ2) is 11.9. The lowest BCUT2D eigenvalue weighted by Crippen LogP contribution is -2.54. The average Bonchev–Trinajstić information content (AvgIpc) is 3.39. The molecule has 1 aromatic heterocycles. The lowest BCUT2D eigenvalue weighted by Gasteiger charge is -2.35. The van der Waals surface area contributed by atoms with Gasteiger partial charge in [0.1, 0.15) is 0 Å². The summed E-state index contributed by atoms with van der Waals surface area (Å²) in [5, 5.41) is 14.0. The van der Waals surface area contributed by atoms with Gasteiger partial charge in [0.15, 0.2) is 11.1 Å². The maximum Gasteiger partial charge on any atom is 0.191 e. The van der Waals surface area contributed by atoms with Crippen molar-refractivity contribution in [3.63, 3.8) is 0 Å². The quantitative estimate of drug-likeness (QED) is 0.266. The van der Waals surface area contributed by atoms with E-state index in [1.54, 1.807) is 11.3 Å². The zero-order valence-corrected chi connectivity index (χ0v) is 21.6. The summed E-state index contributed by atoms with van der Waals surface area (Å²) >= 11 is 1.66. The molecule has 1 aliphatic rings. The summed E-state index contributed by atoms with van der Waals surface area (Å²) in [6, 6.07) is 11.0. The van der Waals surface area contributed by atoms with Crippen LogP contribution in [-0.2, 0) is 6.54 Å². The van der Waals surface area contributed by atoms with Crippen LogP contribution in [0.1, 0.15) is 49.9 Å². The van der Waals surface area contributed by atoms with Crippen LogP contribution >= 0.6 is 35.3 Å². The van der Waals surface area contributed by atoms with Crippen LogP contribution < -0.4 is 20.9 Å². The van der Waals surface area contributed by atoms with Crippen molar-refractivity contribution >= 4 is 46.4 Å². The zero-order chi connectivity index (χ0) is 20.7. The minimum absolute atomic E-state index is 0. The van der Waals surface area contributed by atoms with Gasteiger partial charge in [-0.3, -0.25) is 4.99 Å². The highest BCUT2D eigenvalue weighted by Crippen LogP contribution is 2.31. The number of hydrogen-bond acceptors (Lipinski definition) is 5. The SMILES string of the molecule is CN=C(NCc1csc(N(C)C)n1)NCC1(NC(C)c2ccccc2)CCCC1.I. The van der Waals surface area contributed by atoms with E-state index in [9.17, 15) is 0 Å². The molecular formula is C22H35IN6S. The Hall–Kier alpha value is -1.39. The Morgan fingerprint density at radius 3 is 2.50 bits per heavy atom. The topological polar surface area (TPSA) is 64.6 Å². The fourth-order valence-corrected chi connectivity index (χ4v) is 4.70. The monoisotopic (exact) mass is 542 g/mol. The Morgan fingerprint density at radius 1 is 1.20 bits per heavy atom. The summed E-state index contributed by atoms with van der Waals surface area (Å²) in [6.45, 7) is 3.79. The second-order valence-corrected chi connectivity index (χ2v) is 8.90. The van der Waals surface area contributed by atoms with Gasteiger partial charge in [-0.15, -0.1) is 35.3 Å². The lowest BCUT2D eigenvalue weighted by atomic mass is 9.94. The maximum atomic E-state index is 4.63. The number of rotatable bonds is 8. The van der Waals surface area contributed by atoms with Crippen molar-refractivity contribution in [3.8, 4) is 0 Å². The van der Waals surface area contributed by atoms with Crippen molar-refractivity contribution in [1.29, 1.82) is 0 Å². The zero-order valence-electron chi connectivity index (χ0n) is 18.4. The van der Waals surface area contributed by atoms with Gasteiger partial charge < -0.3 is 20.9 Å². The lowest BCUT2D eigenvalue weighted by molar-refractivity contribution is 0.297. The minimum atomic E-state index is 0. The molecule has 1 atom stereocenters. The van der Waals surface area contributed by atoms with Crippen LogP contribution in [0, 0.1) is 0 Å². The molecule has 1 unspecified atom stereocenters. The number of halogens is 1. The highest BCUT2D eigenvalue weighted by molar-refractivity contribution is 14.0. The normalized spacial score (nSPS) is 16.6. The van der Waals surface area contributed by atoms with Gasteiger partial charge in [0.2, 0.25) is 0 Å². The Kier molecular flexibility index (Phi) is 9.83. The van der Waals surface area contributed by atoms with E-state index in [4.69, 9.17) is 0 Å². The van der Waals surface area contributed by atoms with Crippen LogP contribution in [0.3, 0.4) is 0 Å². The standard InChI is InChI=1S/C22H34N6S.HI/c1-17(18-10-6-5-7-11-18)27-22(12-8-9-13-22)16-25-20(23-2)24-14-19-15-29-21(26-19)28(3)4;/h5-7,10-11,15,17,27H,8-9,12-14,16H2,1-4H3,(H2,23,24,25);1H. The summed E-state index contributed by atoms with van der Waals surface area (Å²) in [5.41, 5.74) is 2.47. The predicted octanol–water partition coefficient (Wildman–Crippen LogP) is 4.16. The summed E-state index contributed by atoms with van der Waals surface area (Å²) in [7, 11) is 5.85. The molecule has 1 aliphatic carbocycles. The third-order valence-corrected chi connectivity index (χ3v) is 6.62. The highest BCUT2D eigenvalue weighted by atomic mass is 127. The molecule has 0 aliphatic heterocycles. The Balaban J connectivity index is 0.00000320. The molecule has 6 nitrogen and oxygen atoms in total. The average molecular weight is 543 g/mol. The van der Waals surface area contributed by atoms with Crippen LogP contribution in [0.15, 0.2) is 40.7 Å². The molecular weight excluding hydrogens is 507 g/mol. The van der Waals surface area contributed by atoms with Crippen LogP contribution in [-0.4, -0.2) is 44.2 Å². The molecule has 2 aromatic rings. The van der Waals surface area contributed by atoms with Gasteiger partial charge in [0, 0.05) is 44.6 Å². The van der Waals surface area contributed by atoms with E-state index in [1.165, 1.54) is 31.2 Å². The first kappa shape index (κ1) is 24.9. The molecule has 0 amide bonds. The van der Waals surface area contributed by atoms with Crippen LogP contribution in [0.25, 0.3) is 0 Å². The number of nitrogens with one attached hydrogen (secondary N) is 3. The van der Waals surface area contributed by atoms with Gasteiger partial charge in [-0.05, 0) is 25.3 Å². The van der Waals surface area contributed by atoms with Gasteiger partial charge in [-0.2, -0.15) is 0 Å². The summed E-state index contributed by atoms with van der Waals surface area (Å²) in [5.74, 6) is 0.824. The largest absolute Gasteiger partial charge is 0.355 e. The third-order valence-electron chi connectivity index (χ3n) is 5.56. The van der Waals surface area contributed by atoms with Crippen LogP contribution in [0.2, 0.25) is 0 Å². The van der Waals surface area contributed by atoms with Crippen molar-refractivity contribution in [1.82, 2.24) is 20.9 Å². The van der Waals surface area contributed by atoms with Crippen molar-refractivity contribution in [2.75, 3.05) is 32.6 Å². The molecule has 1 saturated carbocycles. The van der Waals surface area contributed by atoms with Crippen LogP contribution in [0.4, 0.5) is 5.13 Å². The maximum absolute atomic E-state index is 4.63. The van der Waals surface area contributed by atoms with E-state index in [1.807, 2.05) is 26.0 Å². The number of aliphatic imine (C=N–C) groups is 1. The highest BCUT2D eigenvalue weighted by Gasteiger charge is 2.35.